The molecule has 1 unspecified atom stereocenters. The highest BCUT2D eigenvalue weighted by Crippen LogP contribution is 2.04. The average Bonchev–Trinajstić information content (AvgIpc) is 2.11. The largest absolute Gasteiger partial charge is 0.379 e. The molecule has 0 amide bonds. The molecule has 0 bridgehead atoms. The Bertz CT molecular complexity index is 236. The van der Waals surface area contributed by atoms with Crippen LogP contribution in [0.25, 0.3) is 0 Å². The average molecular weight is 238 g/mol. The maximum Gasteiger partial charge on any atom is 0.264 e. The first-order valence-electron chi connectivity index (χ1n) is 5.41. The number of hydrogen-bond acceptors (Lipinski definition) is 4. The van der Waals surface area contributed by atoms with Crippen LogP contribution in [0.4, 0.5) is 0 Å². The minimum absolute atomic E-state index is 0.180. The van der Waals surface area contributed by atoms with Crippen molar-refractivity contribution in [2.45, 2.75) is 45.6 Å². The van der Waals surface area contributed by atoms with Crippen molar-refractivity contribution in [2.24, 2.45) is 0 Å². The van der Waals surface area contributed by atoms with E-state index >= 15 is 0 Å². The summed E-state index contributed by atoms with van der Waals surface area (Å²) in [5, 5.41) is 0. The molecule has 0 aliphatic heterocycles. The van der Waals surface area contributed by atoms with Gasteiger partial charge in [0.1, 0.15) is 0 Å². The summed E-state index contributed by atoms with van der Waals surface area (Å²) in [6, 6.07) is 0. The lowest BCUT2D eigenvalue weighted by molar-refractivity contribution is 0.0545. The molecule has 0 fully saturated rings. The zero-order valence-electron chi connectivity index (χ0n) is 9.86. The second kappa shape index (κ2) is 8.07. The third-order valence-electron chi connectivity index (χ3n) is 1.95. The molecule has 15 heavy (non-hydrogen) atoms. The Morgan fingerprint density at radius 3 is 2.40 bits per heavy atom. The van der Waals surface area contributed by atoms with E-state index in [0.29, 0.717) is 6.42 Å². The van der Waals surface area contributed by atoms with Gasteiger partial charge in [-0.25, -0.2) is 0 Å². The van der Waals surface area contributed by atoms with E-state index in [2.05, 4.69) is 11.1 Å². The van der Waals surface area contributed by atoms with E-state index in [1.807, 2.05) is 6.92 Å². The van der Waals surface area contributed by atoms with Crippen LogP contribution in [0.1, 0.15) is 39.5 Å². The normalized spacial score (nSPS) is 14.1. The van der Waals surface area contributed by atoms with Gasteiger partial charge in [0.2, 0.25) is 0 Å². The van der Waals surface area contributed by atoms with Gasteiger partial charge in [0.05, 0.1) is 19.0 Å². The van der Waals surface area contributed by atoms with Crippen molar-refractivity contribution >= 4 is 10.1 Å². The van der Waals surface area contributed by atoms with Gasteiger partial charge in [-0.2, -0.15) is 8.42 Å². The molecule has 1 atom stereocenters. The molecule has 0 N–H and O–H groups in total. The Morgan fingerprint density at radius 2 is 1.87 bits per heavy atom. The van der Waals surface area contributed by atoms with Gasteiger partial charge in [-0.1, -0.05) is 13.3 Å². The number of hydrogen-bond donors (Lipinski definition) is 0. The van der Waals surface area contributed by atoms with Crippen LogP contribution in [-0.2, 0) is 19.0 Å². The molecule has 0 saturated heterocycles. The number of rotatable bonds is 9. The van der Waals surface area contributed by atoms with Crippen molar-refractivity contribution in [2.75, 3.05) is 19.5 Å². The van der Waals surface area contributed by atoms with E-state index in [9.17, 15) is 8.42 Å². The van der Waals surface area contributed by atoms with Crippen LogP contribution in [0, 0.1) is 0 Å². The first kappa shape index (κ1) is 14.9. The summed E-state index contributed by atoms with van der Waals surface area (Å²) in [7, 11) is -3.28. The van der Waals surface area contributed by atoms with Gasteiger partial charge in [-0.15, -0.1) is 0 Å². The fourth-order valence-electron chi connectivity index (χ4n) is 1.09. The molecular formula is C10H22O4S. The summed E-state index contributed by atoms with van der Waals surface area (Å²) < 4.78 is 31.4. The molecule has 0 aromatic heterocycles. The maximum absolute atomic E-state index is 10.6. The molecule has 0 aromatic rings. The lowest BCUT2D eigenvalue weighted by atomic mass is 10.2. The van der Waals surface area contributed by atoms with Gasteiger partial charge >= 0.3 is 0 Å². The van der Waals surface area contributed by atoms with Crippen molar-refractivity contribution < 1.29 is 17.3 Å². The monoisotopic (exact) mass is 238 g/mol. The van der Waals surface area contributed by atoms with Crippen molar-refractivity contribution in [3.05, 3.63) is 0 Å². The van der Waals surface area contributed by atoms with E-state index in [0.717, 1.165) is 32.1 Å². The summed E-state index contributed by atoms with van der Waals surface area (Å²) >= 11 is 0. The predicted octanol–water partition coefficient (Wildman–Crippen LogP) is 1.95. The van der Waals surface area contributed by atoms with Crippen LogP contribution < -0.4 is 0 Å². The smallest absolute Gasteiger partial charge is 0.264 e. The molecule has 0 spiro atoms. The zero-order chi connectivity index (χ0) is 11.7. The van der Waals surface area contributed by atoms with Gasteiger partial charge in [0.25, 0.3) is 10.1 Å². The predicted molar refractivity (Wildman–Crippen MR) is 60.4 cm³/mol. The second-order valence-corrected chi connectivity index (χ2v) is 5.35. The second-order valence-electron chi connectivity index (χ2n) is 3.70. The highest BCUT2D eigenvalue weighted by molar-refractivity contribution is 7.85. The SMILES string of the molecule is CCCCOC(C)CCCOS(C)(=O)=O. The fourth-order valence-corrected chi connectivity index (χ4v) is 1.51. The molecular weight excluding hydrogens is 216 g/mol. The molecule has 5 heteroatoms. The fraction of sp³-hybridized carbons (Fsp3) is 1.00. The Hall–Kier alpha value is -0.130. The maximum atomic E-state index is 10.6. The zero-order valence-corrected chi connectivity index (χ0v) is 10.7. The van der Waals surface area contributed by atoms with Crippen molar-refractivity contribution in [3.63, 3.8) is 0 Å². The summed E-state index contributed by atoms with van der Waals surface area (Å²) in [4.78, 5) is 0. The van der Waals surface area contributed by atoms with Gasteiger partial charge < -0.3 is 4.74 Å². The summed E-state index contributed by atoms with van der Waals surface area (Å²) in [5.74, 6) is 0. The van der Waals surface area contributed by atoms with Gasteiger partial charge in [-0.3, -0.25) is 4.18 Å². The molecule has 0 aliphatic rings. The van der Waals surface area contributed by atoms with Crippen molar-refractivity contribution in [1.29, 1.82) is 0 Å². The Morgan fingerprint density at radius 1 is 1.20 bits per heavy atom. The molecule has 0 aromatic carbocycles. The molecule has 0 radical (unpaired) electrons. The van der Waals surface area contributed by atoms with E-state index in [-0.39, 0.29) is 12.7 Å². The van der Waals surface area contributed by atoms with Gasteiger partial charge in [0, 0.05) is 6.61 Å². The van der Waals surface area contributed by atoms with E-state index in [4.69, 9.17) is 4.74 Å². The quantitative estimate of drug-likeness (QED) is 0.455. The standard InChI is InChI=1S/C10H22O4S/c1-4-5-8-13-10(2)7-6-9-14-15(3,11)12/h10H,4-9H2,1-3H3. The highest BCUT2D eigenvalue weighted by atomic mass is 32.2. The topological polar surface area (TPSA) is 52.6 Å². The molecule has 0 saturated carbocycles. The molecule has 4 nitrogen and oxygen atoms in total. The summed E-state index contributed by atoms with van der Waals surface area (Å²) in [5.41, 5.74) is 0. The van der Waals surface area contributed by atoms with E-state index < -0.39 is 10.1 Å². The van der Waals surface area contributed by atoms with Gasteiger partial charge in [0.15, 0.2) is 0 Å². The van der Waals surface area contributed by atoms with Crippen LogP contribution >= 0.6 is 0 Å². The Kier molecular flexibility index (Phi) is 8.00. The summed E-state index contributed by atoms with van der Waals surface area (Å²) in [6.45, 7) is 5.15. The minimum Gasteiger partial charge on any atom is -0.379 e. The summed E-state index contributed by atoms with van der Waals surface area (Å²) in [6.07, 6.45) is 4.99. The van der Waals surface area contributed by atoms with Crippen LogP contribution in [0.15, 0.2) is 0 Å². The first-order chi connectivity index (χ1) is 6.95. The van der Waals surface area contributed by atoms with Crippen molar-refractivity contribution in [1.82, 2.24) is 0 Å². The molecule has 0 heterocycles. The van der Waals surface area contributed by atoms with Crippen LogP contribution in [0.2, 0.25) is 0 Å². The third kappa shape index (κ3) is 11.8. The highest BCUT2D eigenvalue weighted by Gasteiger charge is 2.04. The third-order valence-corrected chi connectivity index (χ3v) is 2.55. The molecule has 92 valence electrons. The Balaban J connectivity index is 3.35. The molecule has 0 rings (SSSR count). The Labute approximate surface area is 93.1 Å². The lowest BCUT2D eigenvalue weighted by Gasteiger charge is -2.12. The van der Waals surface area contributed by atoms with Gasteiger partial charge in [-0.05, 0) is 26.2 Å². The number of unbranched alkanes of at least 4 members (excludes halogenated alkanes) is 1. The number of ether oxygens (including phenoxy) is 1. The van der Waals surface area contributed by atoms with Crippen LogP contribution in [0.3, 0.4) is 0 Å². The van der Waals surface area contributed by atoms with Crippen molar-refractivity contribution in [3.8, 4) is 0 Å². The van der Waals surface area contributed by atoms with E-state index in [1.165, 1.54) is 0 Å². The van der Waals surface area contributed by atoms with E-state index in [1.54, 1.807) is 0 Å². The lowest BCUT2D eigenvalue weighted by Crippen LogP contribution is -2.11. The minimum atomic E-state index is -3.28. The van der Waals surface area contributed by atoms with Crippen LogP contribution in [0.5, 0.6) is 0 Å². The van der Waals surface area contributed by atoms with Crippen LogP contribution in [-0.4, -0.2) is 34.0 Å². The molecule has 0 aliphatic carbocycles. The first-order valence-corrected chi connectivity index (χ1v) is 7.23.